The van der Waals surface area contributed by atoms with E-state index in [1.54, 1.807) is 0 Å². The maximum atomic E-state index is 12.5. The Hall–Kier alpha value is -1.06. The second kappa shape index (κ2) is 7.81. The fraction of sp³-hybridized carbons (Fsp3) is 0.588. The van der Waals surface area contributed by atoms with Gasteiger partial charge in [0.1, 0.15) is 0 Å². The molecule has 0 bridgehead atoms. The van der Waals surface area contributed by atoms with E-state index in [4.69, 9.17) is 17.3 Å². The average molecular weight is 309 g/mol. The Labute approximate surface area is 132 Å². The molecule has 1 unspecified atom stereocenters. The van der Waals surface area contributed by atoms with Gasteiger partial charge in [0.15, 0.2) is 0 Å². The van der Waals surface area contributed by atoms with Crippen molar-refractivity contribution in [3.05, 3.63) is 34.9 Å². The van der Waals surface area contributed by atoms with Gasteiger partial charge in [-0.15, -0.1) is 0 Å². The molecule has 1 aliphatic carbocycles. The molecular formula is C17H25ClN2O. The fourth-order valence-corrected chi connectivity index (χ4v) is 2.66. The monoisotopic (exact) mass is 308 g/mol. The van der Waals surface area contributed by atoms with Crippen LogP contribution in [0, 0.1) is 5.92 Å². The molecule has 1 amide bonds. The zero-order valence-electron chi connectivity index (χ0n) is 12.7. The van der Waals surface area contributed by atoms with Crippen LogP contribution >= 0.6 is 11.6 Å². The second-order valence-electron chi connectivity index (χ2n) is 6.10. The van der Waals surface area contributed by atoms with Crippen molar-refractivity contribution < 1.29 is 4.79 Å². The molecule has 116 valence electrons. The van der Waals surface area contributed by atoms with Crippen molar-refractivity contribution in [2.45, 2.75) is 51.6 Å². The lowest BCUT2D eigenvalue weighted by Crippen LogP contribution is -2.32. The van der Waals surface area contributed by atoms with Gasteiger partial charge in [-0.1, -0.05) is 30.7 Å². The minimum atomic E-state index is 0.274. The summed E-state index contributed by atoms with van der Waals surface area (Å²) in [6, 6.07) is 8.22. The molecule has 1 fully saturated rings. The van der Waals surface area contributed by atoms with E-state index in [0.717, 1.165) is 36.3 Å². The Morgan fingerprint density at radius 1 is 1.33 bits per heavy atom. The SMILES string of the molecule is CC(CCN)CCC(=O)N(Cc1ccc(Cl)cc1)C1CC1. The van der Waals surface area contributed by atoms with Crippen molar-refractivity contribution in [1.82, 2.24) is 4.90 Å². The van der Waals surface area contributed by atoms with Crippen LogP contribution in [0.25, 0.3) is 0 Å². The molecule has 0 aliphatic heterocycles. The zero-order chi connectivity index (χ0) is 15.2. The lowest BCUT2D eigenvalue weighted by atomic mass is 10.0. The molecule has 1 aromatic rings. The van der Waals surface area contributed by atoms with Gasteiger partial charge in [0.25, 0.3) is 0 Å². The van der Waals surface area contributed by atoms with E-state index >= 15 is 0 Å². The third-order valence-corrected chi connectivity index (χ3v) is 4.34. The molecule has 0 aromatic heterocycles. The molecule has 1 atom stereocenters. The van der Waals surface area contributed by atoms with E-state index in [9.17, 15) is 4.79 Å². The van der Waals surface area contributed by atoms with Crippen molar-refractivity contribution in [2.75, 3.05) is 6.54 Å². The minimum absolute atomic E-state index is 0.274. The third-order valence-electron chi connectivity index (χ3n) is 4.08. The first kappa shape index (κ1) is 16.3. The van der Waals surface area contributed by atoms with E-state index in [1.807, 2.05) is 29.2 Å². The minimum Gasteiger partial charge on any atom is -0.335 e. The van der Waals surface area contributed by atoms with E-state index in [2.05, 4.69) is 6.92 Å². The molecule has 0 heterocycles. The number of amides is 1. The second-order valence-corrected chi connectivity index (χ2v) is 6.54. The number of carbonyl (C=O) groups is 1. The van der Waals surface area contributed by atoms with Gasteiger partial charge in [0, 0.05) is 24.0 Å². The summed E-state index contributed by atoms with van der Waals surface area (Å²) >= 11 is 5.91. The molecular weight excluding hydrogens is 284 g/mol. The fourth-order valence-electron chi connectivity index (χ4n) is 2.54. The molecule has 3 nitrogen and oxygen atoms in total. The summed E-state index contributed by atoms with van der Waals surface area (Å²) < 4.78 is 0. The Balaban J connectivity index is 1.89. The highest BCUT2D eigenvalue weighted by molar-refractivity contribution is 6.30. The van der Waals surface area contributed by atoms with Gasteiger partial charge >= 0.3 is 0 Å². The van der Waals surface area contributed by atoms with E-state index in [0.29, 0.717) is 31.5 Å². The average Bonchev–Trinajstić information content (AvgIpc) is 3.29. The van der Waals surface area contributed by atoms with Gasteiger partial charge in [-0.05, 0) is 55.8 Å². The van der Waals surface area contributed by atoms with Gasteiger partial charge in [-0.3, -0.25) is 4.79 Å². The summed E-state index contributed by atoms with van der Waals surface area (Å²) in [5.74, 6) is 0.798. The van der Waals surface area contributed by atoms with Crippen molar-refractivity contribution in [3.63, 3.8) is 0 Å². The quantitative estimate of drug-likeness (QED) is 0.797. The number of halogens is 1. The first-order chi connectivity index (χ1) is 10.1. The van der Waals surface area contributed by atoms with Crippen LogP contribution in [0.3, 0.4) is 0 Å². The standard InChI is InChI=1S/C17H25ClN2O/c1-13(10-11-19)2-9-17(21)20(16-7-8-16)12-14-3-5-15(18)6-4-14/h3-6,13,16H,2,7-12,19H2,1H3. The summed E-state index contributed by atoms with van der Waals surface area (Å²) in [5.41, 5.74) is 6.71. The van der Waals surface area contributed by atoms with Crippen LogP contribution in [0.1, 0.15) is 44.6 Å². The molecule has 1 saturated carbocycles. The molecule has 1 aliphatic rings. The summed E-state index contributed by atoms with van der Waals surface area (Å²) in [6.45, 7) is 3.57. The van der Waals surface area contributed by atoms with Crippen LogP contribution in [0.5, 0.6) is 0 Å². The highest BCUT2D eigenvalue weighted by Gasteiger charge is 2.32. The van der Waals surface area contributed by atoms with Crippen LogP contribution in [0.2, 0.25) is 5.02 Å². The largest absolute Gasteiger partial charge is 0.335 e. The number of benzene rings is 1. The van der Waals surface area contributed by atoms with E-state index < -0.39 is 0 Å². The first-order valence-electron chi connectivity index (χ1n) is 7.84. The zero-order valence-corrected chi connectivity index (χ0v) is 13.5. The smallest absolute Gasteiger partial charge is 0.223 e. The van der Waals surface area contributed by atoms with Crippen molar-refractivity contribution >= 4 is 17.5 Å². The lowest BCUT2D eigenvalue weighted by Gasteiger charge is -2.23. The summed E-state index contributed by atoms with van der Waals surface area (Å²) in [5, 5.41) is 0.735. The van der Waals surface area contributed by atoms with Crippen LogP contribution in [-0.4, -0.2) is 23.4 Å². The van der Waals surface area contributed by atoms with Crippen LogP contribution in [-0.2, 0) is 11.3 Å². The molecule has 0 radical (unpaired) electrons. The first-order valence-corrected chi connectivity index (χ1v) is 8.22. The molecule has 2 rings (SSSR count). The number of rotatable bonds is 8. The van der Waals surface area contributed by atoms with Crippen LogP contribution < -0.4 is 5.73 Å². The van der Waals surface area contributed by atoms with Gasteiger partial charge in [0.2, 0.25) is 5.91 Å². The Bertz CT molecular complexity index is 456. The number of nitrogens with zero attached hydrogens (tertiary/aromatic N) is 1. The number of carbonyl (C=O) groups excluding carboxylic acids is 1. The topological polar surface area (TPSA) is 46.3 Å². The van der Waals surface area contributed by atoms with Crippen LogP contribution in [0.4, 0.5) is 0 Å². The third kappa shape index (κ3) is 5.33. The maximum absolute atomic E-state index is 12.5. The lowest BCUT2D eigenvalue weighted by molar-refractivity contribution is -0.132. The summed E-state index contributed by atoms with van der Waals surface area (Å²) in [4.78, 5) is 14.5. The number of nitrogens with two attached hydrogens (primary N) is 1. The predicted molar refractivity (Wildman–Crippen MR) is 87.1 cm³/mol. The van der Waals surface area contributed by atoms with Gasteiger partial charge in [0.05, 0.1) is 0 Å². The molecule has 0 saturated heterocycles. The van der Waals surface area contributed by atoms with E-state index in [-0.39, 0.29) is 5.91 Å². The van der Waals surface area contributed by atoms with Crippen molar-refractivity contribution in [2.24, 2.45) is 11.7 Å². The van der Waals surface area contributed by atoms with Crippen LogP contribution in [0.15, 0.2) is 24.3 Å². The molecule has 21 heavy (non-hydrogen) atoms. The highest BCUT2D eigenvalue weighted by Crippen LogP contribution is 2.29. The Morgan fingerprint density at radius 3 is 2.57 bits per heavy atom. The van der Waals surface area contributed by atoms with Gasteiger partial charge in [-0.25, -0.2) is 0 Å². The van der Waals surface area contributed by atoms with E-state index in [1.165, 1.54) is 0 Å². The summed E-state index contributed by atoms with van der Waals surface area (Å²) in [7, 11) is 0. The maximum Gasteiger partial charge on any atom is 0.223 e. The highest BCUT2D eigenvalue weighted by atomic mass is 35.5. The summed E-state index contributed by atoms with van der Waals surface area (Å²) in [6.07, 6.45) is 4.83. The number of hydrogen-bond donors (Lipinski definition) is 1. The molecule has 2 N–H and O–H groups in total. The predicted octanol–water partition coefficient (Wildman–Crippen LogP) is 3.60. The van der Waals surface area contributed by atoms with Gasteiger partial charge < -0.3 is 10.6 Å². The van der Waals surface area contributed by atoms with Crippen molar-refractivity contribution in [3.8, 4) is 0 Å². The Kier molecular flexibility index (Phi) is 6.07. The molecule has 0 spiro atoms. The Morgan fingerprint density at radius 2 is 2.00 bits per heavy atom. The number of hydrogen-bond acceptors (Lipinski definition) is 2. The molecule has 4 heteroatoms. The molecule has 1 aromatic carbocycles. The van der Waals surface area contributed by atoms with Crippen molar-refractivity contribution in [1.29, 1.82) is 0 Å². The van der Waals surface area contributed by atoms with Gasteiger partial charge in [-0.2, -0.15) is 0 Å². The normalized spacial score (nSPS) is 15.8.